The Labute approximate surface area is 145 Å². The van der Waals surface area contributed by atoms with Gasteiger partial charge in [0.25, 0.3) is 0 Å². The fourth-order valence-corrected chi connectivity index (χ4v) is 2.08. The summed E-state index contributed by atoms with van der Waals surface area (Å²) < 4.78 is 68.9. The summed E-state index contributed by atoms with van der Waals surface area (Å²) in [7, 11) is 0. The molecule has 0 radical (unpaired) electrons. The molecule has 0 saturated carbocycles. The Morgan fingerprint density at radius 1 is 1.15 bits per heavy atom. The van der Waals surface area contributed by atoms with Crippen LogP contribution in [0.15, 0.2) is 36.4 Å². The van der Waals surface area contributed by atoms with Crippen LogP contribution in [0.25, 0.3) is 0 Å². The zero-order valence-electron chi connectivity index (χ0n) is 13.3. The highest BCUT2D eigenvalue weighted by atomic mass is 19.4. The molecule has 1 aliphatic rings. The maximum Gasteiger partial charge on any atom is 0.490 e. The van der Waals surface area contributed by atoms with Crippen LogP contribution in [0.2, 0.25) is 0 Å². The topological polar surface area (TPSA) is 69.6 Å². The van der Waals surface area contributed by atoms with Gasteiger partial charge in [-0.15, -0.1) is 0 Å². The van der Waals surface area contributed by atoms with E-state index < -0.39 is 30.0 Å². The third-order valence-corrected chi connectivity index (χ3v) is 3.49. The van der Waals surface area contributed by atoms with Crippen LogP contribution in [-0.4, -0.2) is 35.4 Å². The molecule has 0 bridgehead atoms. The van der Waals surface area contributed by atoms with E-state index in [-0.39, 0.29) is 0 Å². The number of hydrogen-bond donors (Lipinski definition) is 3. The van der Waals surface area contributed by atoms with E-state index in [1.54, 1.807) is 6.08 Å². The van der Waals surface area contributed by atoms with E-state index in [1.165, 1.54) is 12.1 Å². The minimum absolute atomic E-state index is 0.393. The zero-order valence-corrected chi connectivity index (χ0v) is 13.3. The highest BCUT2D eigenvalue weighted by molar-refractivity contribution is 5.73. The molecule has 4 nitrogen and oxygen atoms in total. The number of rotatable bonds is 3. The number of carbonyl (C=O) groups is 1. The molecule has 3 N–H and O–H groups in total. The van der Waals surface area contributed by atoms with E-state index in [1.807, 2.05) is 6.08 Å². The zero-order chi connectivity index (χ0) is 20.0. The number of carboxylic acids is 1. The Balaban J connectivity index is 0.000000412. The summed E-state index contributed by atoms with van der Waals surface area (Å²) in [4.78, 5) is 8.90. The summed E-state index contributed by atoms with van der Waals surface area (Å²) in [6.45, 7) is 1.85. The number of halogens is 6. The van der Waals surface area contributed by atoms with Crippen molar-refractivity contribution in [1.29, 1.82) is 0 Å². The third kappa shape index (κ3) is 7.44. The Hall–Kier alpha value is -2.07. The normalized spacial score (nSPS) is 19.1. The van der Waals surface area contributed by atoms with Crippen molar-refractivity contribution in [3.05, 3.63) is 47.5 Å². The molecule has 0 spiro atoms. The van der Waals surface area contributed by atoms with Crippen molar-refractivity contribution in [3.8, 4) is 0 Å². The molecule has 2 atom stereocenters. The Morgan fingerprint density at radius 3 is 2.08 bits per heavy atom. The molecule has 10 heteroatoms. The van der Waals surface area contributed by atoms with Crippen LogP contribution in [0.3, 0.4) is 0 Å². The minimum Gasteiger partial charge on any atom is -0.475 e. The summed E-state index contributed by atoms with van der Waals surface area (Å²) in [6, 6.07) is 4.60. The van der Waals surface area contributed by atoms with E-state index in [2.05, 4.69) is 5.32 Å². The molecular weight excluding hydrogens is 368 g/mol. The van der Waals surface area contributed by atoms with E-state index in [9.17, 15) is 31.4 Å². The van der Waals surface area contributed by atoms with Crippen LogP contribution >= 0.6 is 0 Å². The van der Waals surface area contributed by atoms with E-state index in [0.717, 1.165) is 31.6 Å². The summed E-state index contributed by atoms with van der Waals surface area (Å²) in [5.74, 6) is -2.36. The van der Waals surface area contributed by atoms with Crippen molar-refractivity contribution in [1.82, 2.24) is 5.32 Å². The second-order valence-electron chi connectivity index (χ2n) is 5.51. The van der Waals surface area contributed by atoms with E-state index in [4.69, 9.17) is 9.90 Å². The Morgan fingerprint density at radius 2 is 1.69 bits per heavy atom. The van der Waals surface area contributed by atoms with E-state index in [0.29, 0.717) is 11.5 Å². The summed E-state index contributed by atoms with van der Waals surface area (Å²) >= 11 is 0. The molecule has 0 amide bonds. The minimum atomic E-state index is -5.08. The van der Waals surface area contributed by atoms with Crippen LogP contribution in [0, 0.1) is 5.92 Å². The van der Waals surface area contributed by atoms with Gasteiger partial charge in [0.15, 0.2) is 0 Å². The number of hydrogen-bond acceptors (Lipinski definition) is 3. The molecule has 1 heterocycles. The SMILES string of the molecule is O=C(O)C(F)(F)F.OC(/C=C/C1CCNC1)c1ccc(C(F)(F)F)cc1. The summed E-state index contributed by atoms with van der Waals surface area (Å²) in [6.07, 6.45) is -5.70. The van der Waals surface area contributed by atoms with Gasteiger partial charge in [0, 0.05) is 6.54 Å². The first-order valence-electron chi connectivity index (χ1n) is 7.45. The molecule has 2 rings (SSSR count). The molecule has 1 saturated heterocycles. The molecule has 1 fully saturated rings. The lowest BCUT2D eigenvalue weighted by Gasteiger charge is -2.10. The molecule has 1 aromatic rings. The van der Waals surface area contributed by atoms with Gasteiger partial charge >= 0.3 is 18.3 Å². The van der Waals surface area contributed by atoms with Crippen molar-refractivity contribution in [3.63, 3.8) is 0 Å². The maximum absolute atomic E-state index is 12.4. The highest BCUT2D eigenvalue weighted by Crippen LogP contribution is 2.30. The Kier molecular flexibility index (Phi) is 7.64. The molecular formula is C16H17F6NO3. The number of nitrogens with one attached hydrogen (secondary N) is 1. The van der Waals surface area contributed by atoms with Crippen LogP contribution in [0.1, 0.15) is 23.7 Å². The second kappa shape index (κ2) is 9.04. The second-order valence-corrected chi connectivity index (χ2v) is 5.51. The molecule has 26 heavy (non-hydrogen) atoms. The van der Waals surface area contributed by atoms with Gasteiger partial charge in [-0.1, -0.05) is 24.3 Å². The standard InChI is InChI=1S/C14H16F3NO.C2HF3O2/c15-14(16,17)12-4-2-11(3-5-12)13(19)6-1-10-7-8-18-9-10;3-2(4,5)1(6)7/h1-6,10,13,18-19H,7-9H2;(H,6,7)/b6-1+;. The number of alkyl halides is 6. The molecule has 1 aromatic carbocycles. The lowest BCUT2D eigenvalue weighted by atomic mass is 10.0. The first kappa shape index (κ1) is 22.0. The van der Waals surface area contributed by atoms with Crippen LogP contribution < -0.4 is 5.32 Å². The van der Waals surface area contributed by atoms with Gasteiger partial charge in [-0.25, -0.2) is 4.79 Å². The largest absolute Gasteiger partial charge is 0.490 e. The predicted octanol–water partition coefficient (Wildman–Crippen LogP) is 3.54. The monoisotopic (exact) mass is 385 g/mol. The Bertz CT molecular complexity index is 604. The van der Waals surface area contributed by atoms with Crippen molar-refractivity contribution < 1.29 is 41.4 Å². The number of carboxylic acid groups (broad SMARTS) is 1. The predicted molar refractivity (Wildman–Crippen MR) is 80.2 cm³/mol. The third-order valence-electron chi connectivity index (χ3n) is 3.49. The number of aliphatic hydroxyl groups excluding tert-OH is 1. The average Bonchev–Trinajstić information content (AvgIpc) is 3.05. The molecule has 2 unspecified atom stereocenters. The van der Waals surface area contributed by atoms with Gasteiger partial charge in [0.05, 0.1) is 11.7 Å². The van der Waals surface area contributed by atoms with Gasteiger partial charge in [-0.2, -0.15) is 26.3 Å². The molecule has 0 aromatic heterocycles. The van der Waals surface area contributed by atoms with Crippen LogP contribution in [0.4, 0.5) is 26.3 Å². The van der Waals surface area contributed by atoms with Gasteiger partial charge in [-0.3, -0.25) is 0 Å². The first-order chi connectivity index (χ1) is 11.9. The molecule has 1 aliphatic heterocycles. The maximum atomic E-state index is 12.4. The number of aliphatic carboxylic acids is 1. The van der Waals surface area contributed by atoms with Crippen LogP contribution in [-0.2, 0) is 11.0 Å². The van der Waals surface area contributed by atoms with Gasteiger partial charge < -0.3 is 15.5 Å². The molecule has 146 valence electrons. The highest BCUT2D eigenvalue weighted by Gasteiger charge is 2.38. The summed E-state index contributed by atoms with van der Waals surface area (Å²) in [5.41, 5.74) is -0.234. The van der Waals surface area contributed by atoms with Crippen molar-refractivity contribution in [2.24, 2.45) is 5.92 Å². The average molecular weight is 385 g/mol. The number of aliphatic hydroxyl groups is 1. The van der Waals surface area contributed by atoms with Crippen molar-refractivity contribution in [2.45, 2.75) is 24.9 Å². The smallest absolute Gasteiger partial charge is 0.475 e. The van der Waals surface area contributed by atoms with Gasteiger partial charge in [-0.05, 0) is 36.6 Å². The fourth-order valence-electron chi connectivity index (χ4n) is 2.08. The van der Waals surface area contributed by atoms with Crippen molar-refractivity contribution in [2.75, 3.05) is 13.1 Å². The van der Waals surface area contributed by atoms with Crippen LogP contribution in [0.5, 0.6) is 0 Å². The quantitative estimate of drug-likeness (QED) is 0.550. The number of benzene rings is 1. The lowest BCUT2D eigenvalue weighted by Crippen LogP contribution is -2.21. The van der Waals surface area contributed by atoms with E-state index >= 15 is 0 Å². The first-order valence-corrected chi connectivity index (χ1v) is 7.45. The van der Waals surface area contributed by atoms with Gasteiger partial charge in [0.2, 0.25) is 0 Å². The van der Waals surface area contributed by atoms with Crippen molar-refractivity contribution >= 4 is 5.97 Å². The van der Waals surface area contributed by atoms with Gasteiger partial charge in [0.1, 0.15) is 0 Å². The summed E-state index contributed by atoms with van der Waals surface area (Å²) in [5, 5.41) is 20.2. The lowest BCUT2D eigenvalue weighted by molar-refractivity contribution is -0.192. The fraction of sp³-hybridized carbons (Fsp3) is 0.438. The molecule has 0 aliphatic carbocycles.